The van der Waals surface area contributed by atoms with Gasteiger partial charge in [-0.3, -0.25) is 4.79 Å². The number of aryl methyl sites for hydroxylation is 1. The number of hydrogen-bond donors (Lipinski definition) is 1. The Morgan fingerprint density at radius 2 is 1.84 bits per heavy atom. The molecule has 3 nitrogen and oxygen atoms in total. The van der Waals surface area contributed by atoms with Gasteiger partial charge in [-0.15, -0.1) is 0 Å². The highest BCUT2D eigenvalue weighted by molar-refractivity contribution is 5.79. The molecule has 25 heavy (non-hydrogen) atoms. The lowest BCUT2D eigenvalue weighted by molar-refractivity contribution is -0.132. The van der Waals surface area contributed by atoms with Gasteiger partial charge < -0.3 is 10.0 Å². The number of phenols is 1. The summed E-state index contributed by atoms with van der Waals surface area (Å²) < 4.78 is 13.7. The van der Waals surface area contributed by atoms with Gasteiger partial charge in [0.25, 0.3) is 0 Å². The SMILES string of the molecule is O=C(Cc1ccccc1O)N1CCC[C@@H](CCc2ccccc2F)C1. The van der Waals surface area contributed by atoms with Crippen molar-refractivity contribution in [2.45, 2.75) is 32.1 Å². The number of hydrogen-bond acceptors (Lipinski definition) is 2. The molecular weight excluding hydrogens is 317 g/mol. The lowest BCUT2D eigenvalue weighted by atomic mass is 9.91. The number of nitrogens with zero attached hydrogens (tertiary/aromatic N) is 1. The molecule has 0 saturated carbocycles. The Bertz CT molecular complexity index is 731. The minimum absolute atomic E-state index is 0.0529. The van der Waals surface area contributed by atoms with Gasteiger partial charge in [-0.25, -0.2) is 4.39 Å². The standard InChI is InChI=1S/C21H24FNO2/c22-19-9-3-1-7-17(19)12-11-16-6-5-13-23(15-16)21(25)14-18-8-2-4-10-20(18)24/h1-4,7-10,16,24H,5-6,11-15H2/t16-/m0/s1. The van der Waals surface area contributed by atoms with Crippen LogP contribution in [0.5, 0.6) is 5.75 Å². The topological polar surface area (TPSA) is 40.5 Å². The predicted octanol–water partition coefficient (Wildman–Crippen LogP) is 3.95. The van der Waals surface area contributed by atoms with Crippen LogP contribution in [-0.2, 0) is 17.6 Å². The Kier molecular flexibility index (Phi) is 5.69. The number of halogens is 1. The molecule has 0 aliphatic carbocycles. The number of phenolic OH excluding ortho intramolecular Hbond substituents is 1. The first kappa shape index (κ1) is 17.5. The van der Waals surface area contributed by atoms with Crippen molar-refractivity contribution >= 4 is 5.91 Å². The van der Waals surface area contributed by atoms with E-state index in [0.717, 1.165) is 37.9 Å². The molecule has 1 amide bonds. The van der Waals surface area contributed by atoms with Gasteiger partial charge in [0.2, 0.25) is 5.91 Å². The number of aromatic hydroxyl groups is 1. The molecule has 1 atom stereocenters. The molecule has 0 spiro atoms. The van der Waals surface area contributed by atoms with Crippen LogP contribution >= 0.6 is 0 Å². The highest BCUT2D eigenvalue weighted by Gasteiger charge is 2.24. The van der Waals surface area contributed by atoms with E-state index in [-0.39, 0.29) is 23.9 Å². The van der Waals surface area contributed by atoms with Crippen molar-refractivity contribution < 1.29 is 14.3 Å². The van der Waals surface area contributed by atoms with Crippen LogP contribution < -0.4 is 0 Å². The number of rotatable bonds is 5. The fraction of sp³-hybridized carbons (Fsp3) is 0.381. The van der Waals surface area contributed by atoms with Crippen molar-refractivity contribution in [3.63, 3.8) is 0 Å². The third-order valence-electron chi connectivity index (χ3n) is 4.98. The normalized spacial score (nSPS) is 17.5. The Labute approximate surface area is 148 Å². The average Bonchev–Trinajstić information content (AvgIpc) is 2.63. The van der Waals surface area contributed by atoms with E-state index in [4.69, 9.17) is 0 Å². The molecule has 1 aliphatic heterocycles. The van der Waals surface area contributed by atoms with E-state index in [9.17, 15) is 14.3 Å². The molecule has 1 fully saturated rings. The number of benzene rings is 2. The summed E-state index contributed by atoms with van der Waals surface area (Å²) >= 11 is 0. The molecule has 1 N–H and O–H groups in total. The van der Waals surface area contributed by atoms with Gasteiger partial charge in [0, 0.05) is 18.7 Å². The second kappa shape index (κ2) is 8.15. The molecule has 4 heteroatoms. The number of carbonyl (C=O) groups is 1. The summed E-state index contributed by atoms with van der Waals surface area (Å²) in [5, 5.41) is 9.84. The predicted molar refractivity (Wildman–Crippen MR) is 95.8 cm³/mol. The Morgan fingerprint density at radius 3 is 2.60 bits per heavy atom. The van der Waals surface area contributed by atoms with Crippen LogP contribution in [0.15, 0.2) is 48.5 Å². The number of para-hydroxylation sites is 1. The van der Waals surface area contributed by atoms with Crippen molar-refractivity contribution in [1.82, 2.24) is 4.90 Å². The summed E-state index contributed by atoms with van der Waals surface area (Å²) in [5.74, 6) is 0.480. The zero-order chi connectivity index (χ0) is 17.6. The van der Waals surface area contributed by atoms with E-state index in [1.807, 2.05) is 23.1 Å². The molecular formula is C21H24FNO2. The number of likely N-dealkylation sites (tertiary alicyclic amines) is 1. The summed E-state index contributed by atoms with van der Waals surface area (Å²) in [6.45, 7) is 1.49. The lowest BCUT2D eigenvalue weighted by Gasteiger charge is -2.33. The Morgan fingerprint density at radius 1 is 1.12 bits per heavy atom. The maximum Gasteiger partial charge on any atom is 0.227 e. The second-order valence-electron chi connectivity index (χ2n) is 6.78. The van der Waals surface area contributed by atoms with Crippen molar-refractivity contribution in [3.8, 4) is 5.75 Å². The largest absolute Gasteiger partial charge is 0.508 e. The van der Waals surface area contributed by atoms with E-state index in [2.05, 4.69) is 0 Å². The quantitative estimate of drug-likeness (QED) is 0.895. The van der Waals surface area contributed by atoms with Gasteiger partial charge in [0.1, 0.15) is 11.6 Å². The van der Waals surface area contributed by atoms with E-state index in [1.54, 1.807) is 24.3 Å². The molecule has 3 rings (SSSR count). The molecule has 132 valence electrons. The summed E-state index contributed by atoms with van der Waals surface area (Å²) in [4.78, 5) is 14.4. The van der Waals surface area contributed by atoms with E-state index in [0.29, 0.717) is 17.9 Å². The average molecular weight is 341 g/mol. The second-order valence-corrected chi connectivity index (χ2v) is 6.78. The van der Waals surface area contributed by atoms with Gasteiger partial charge in [-0.1, -0.05) is 36.4 Å². The van der Waals surface area contributed by atoms with Gasteiger partial charge in [-0.2, -0.15) is 0 Å². The molecule has 1 aliphatic rings. The fourth-order valence-electron chi connectivity index (χ4n) is 3.52. The third-order valence-corrected chi connectivity index (χ3v) is 4.98. The first-order valence-electron chi connectivity index (χ1n) is 8.91. The zero-order valence-electron chi connectivity index (χ0n) is 14.3. The van der Waals surface area contributed by atoms with Gasteiger partial charge in [0.15, 0.2) is 0 Å². The number of piperidine rings is 1. The van der Waals surface area contributed by atoms with E-state index >= 15 is 0 Å². The highest BCUT2D eigenvalue weighted by atomic mass is 19.1. The summed E-state index contributed by atoms with van der Waals surface area (Å²) in [5.41, 5.74) is 1.42. The van der Waals surface area contributed by atoms with Crippen LogP contribution in [0, 0.1) is 11.7 Å². The third kappa shape index (κ3) is 4.59. The zero-order valence-corrected chi connectivity index (χ0v) is 14.3. The first-order chi connectivity index (χ1) is 12.1. The maximum atomic E-state index is 13.7. The molecule has 0 unspecified atom stereocenters. The minimum Gasteiger partial charge on any atom is -0.508 e. The van der Waals surface area contributed by atoms with Crippen LogP contribution in [0.25, 0.3) is 0 Å². The van der Waals surface area contributed by atoms with E-state index in [1.165, 1.54) is 6.07 Å². The highest BCUT2D eigenvalue weighted by Crippen LogP contribution is 2.24. The molecule has 0 bridgehead atoms. The fourth-order valence-corrected chi connectivity index (χ4v) is 3.52. The van der Waals surface area contributed by atoms with Crippen LogP contribution in [0.2, 0.25) is 0 Å². The van der Waals surface area contributed by atoms with Gasteiger partial charge >= 0.3 is 0 Å². The van der Waals surface area contributed by atoms with Gasteiger partial charge in [-0.05, 0) is 49.3 Å². The van der Waals surface area contributed by atoms with Gasteiger partial charge in [0.05, 0.1) is 6.42 Å². The Hall–Kier alpha value is -2.36. The number of carbonyl (C=O) groups excluding carboxylic acids is 1. The Balaban J connectivity index is 1.55. The molecule has 1 saturated heterocycles. The van der Waals surface area contributed by atoms with Crippen LogP contribution in [0.1, 0.15) is 30.4 Å². The van der Waals surface area contributed by atoms with Crippen molar-refractivity contribution in [1.29, 1.82) is 0 Å². The molecule has 0 radical (unpaired) electrons. The molecule has 2 aromatic carbocycles. The minimum atomic E-state index is -0.147. The maximum absolute atomic E-state index is 13.7. The van der Waals surface area contributed by atoms with Crippen molar-refractivity contribution in [3.05, 3.63) is 65.5 Å². The number of amides is 1. The van der Waals surface area contributed by atoms with Crippen molar-refractivity contribution in [2.24, 2.45) is 5.92 Å². The monoisotopic (exact) mass is 341 g/mol. The molecule has 1 heterocycles. The summed E-state index contributed by atoms with van der Waals surface area (Å²) in [7, 11) is 0. The lowest BCUT2D eigenvalue weighted by Crippen LogP contribution is -2.40. The first-order valence-corrected chi connectivity index (χ1v) is 8.91. The smallest absolute Gasteiger partial charge is 0.227 e. The van der Waals surface area contributed by atoms with Crippen molar-refractivity contribution in [2.75, 3.05) is 13.1 Å². The molecule has 2 aromatic rings. The van der Waals surface area contributed by atoms with Crippen LogP contribution in [-0.4, -0.2) is 29.0 Å². The van der Waals surface area contributed by atoms with Crippen LogP contribution in [0.3, 0.4) is 0 Å². The summed E-state index contributed by atoms with van der Waals surface area (Å²) in [6.07, 6.45) is 3.89. The van der Waals surface area contributed by atoms with Crippen LogP contribution in [0.4, 0.5) is 4.39 Å². The summed E-state index contributed by atoms with van der Waals surface area (Å²) in [6, 6.07) is 13.9. The molecule has 0 aromatic heterocycles. The van der Waals surface area contributed by atoms with E-state index < -0.39 is 0 Å².